The van der Waals surface area contributed by atoms with E-state index < -0.39 is 0 Å². The Morgan fingerprint density at radius 1 is 1.47 bits per heavy atom. The van der Waals surface area contributed by atoms with Crippen LogP contribution in [-0.4, -0.2) is 17.0 Å². The molecule has 2 rings (SSSR count). The molecule has 0 saturated carbocycles. The zero-order valence-corrected chi connectivity index (χ0v) is 11.1. The monoisotopic (exact) mass is 263 g/mol. The van der Waals surface area contributed by atoms with E-state index in [9.17, 15) is 0 Å². The molecule has 0 radical (unpaired) electrons. The molecule has 5 heteroatoms. The summed E-state index contributed by atoms with van der Waals surface area (Å²) in [6.45, 7) is 0.858. The molecule has 0 aliphatic heterocycles. The molecule has 2 aromatic rings. The van der Waals surface area contributed by atoms with Crippen LogP contribution < -0.4 is 10.6 Å². The summed E-state index contributed by atoms with van der Waals surface area (Å²) in [6.07, 6.45) is 1.71. The highest BCUT2D eigenvalue weighted by Crippen LogP contribution is 2.16. The maximum atomic E-state index is 5.53. The van der Waals surface area contributed by atoms with Crippen LogP contribution in [0.1, 0.15) is 10.4 Å². The van der Waals surface area contributed by atoms with E-state index in [1.807, 2.05) is 19.2 Å². The van der Waals surface area contributed by atoms with Crippen molar-refractivity contribution < 1.29 is 0 Å². The van der Waals surface area contributed by atoms with Gasteiger partial charge >= 0.3 is 0 Å². The molecule has 0 amide bonds. The van der Waals surface area contributed by atoms with Crippen LogP contribution in [0, 0.1) is 0 Å². The summed E-state index contributed by atoms with van der Waals surface area (Å²) in [6, 6.07) is 8.00. The van der Waals surface area contributed by atoms with Gasteiger partial charge in [0.2, 0.25) is 0 Å². The van der Waals surface area contributed by atoms with Crippen LogP contribution >= 0.6 is 23.6 Å². The van der Waals surface area contributed by atoms with Crippen molar-refractivity contribution in [2.24, 2.45) is 5.73 Å². The average Bonchev–Trinajstić information content (AvgIpc) is 2.82. The molecule has 17 heavy (non-hydrogen) atoms. The number of nitrogens with zero attached hydrogens (tertiary/aromatic N) is 2. The van der Waals surface area contributed by atoms with E-state index in [2.05, 4.69) is 27.4 Å². The van der Waals surface area contributed by atoms with Gasteiger partial charge in [-0.05, 0) is 23.6 Å². The van der Waals surface area contributed by atoms with E-state index in [0.717, 1.165) is 17.9 Å². The molecule has 2 aromatic heterocycles. The first-order valence-corrected chi connectivity index (χ1v) is 6.45. The summed E-state index contributed by atoms with van der Waals surface area (Å²) in [7, 11) is 2.02. The van der Waals surface area contributed by atoms with E-state index in [0.29, 0.717) is 4.99 Å². The number of hydrogen-bond donors (Lipinski definition) is 1. The third-order valence-corrected chi connectivity index (χ3v) is 3.49. The Kier molecular flexibility index (Phi) is 3.71. The molecule has 0 bridgehead atoms. The summed E-state index contributed by atoms with van der Waals surface area (Å²) in [5.41, 5.74) is 6.33. The fourth-order valence-corrected chi connectivity index (χ4v) is 2.35. The standard InChI is InChI=1S/C12H13N3S2/c1-15(8-10-3-2-6-17-10)11-5-4-9(7-14-11)12(13)16/h2-7H,8H2,1H3,(H2,13,16). The number of hydrogen-bond acceptors (Lipinski definition) is 4. The third kappa shape index (κ3) is 3.01. The SMILES string of the molecule is CN(Cc1cccs1)c1ccc(C(N)=S)cn1. The first-order valence-electron chi connectivity index (χ1n) is 5.16. The Balaban J connectivity index is 2.09. The van der Waals surface area contributed by atoms with Gasteiger partial charge in [0.25, 0.3) is 0 Å². The second kappa shape index (κ2) is 5.25. The van der Waals surface area contributed by atoms with Crippen LogP contribution in [0.5, 0.6) is 0 Å². The number of aromatic nitrogens is 1. The van der Waals surface area contributed by atoms with Crippen molar-refractivity contribution in [3.05, 3.63) is 46.3 Å². The molecular formula is C12H13N3S2. The van der Waals surface area contributed by atoms with Crippen LogP contribution in [0.15, 0.2) is 35.8 Å². The van der Waals surface area contributed by atoms with Crippen LogP contribution in [0.3, 0.4) is 0 Å². The highest BCUT2D eigenvalue weighted by atomic mass is 32.1. The summed E-state index contributed by atoms with van der Waals surface area (Å²) < 4.78 is 0. The maximum absolute atomic E-state index is 5.53. The van der Waals surface area contributed by atoms with Crippen molar-refractivity contribution in [1.29, 1.82) is 0 Å². The second-order valence-electron chi connectivity index (χ2n) is 3.70. The number of nitrogens with two attached hydrogens (primary N) is 1. The fourth-order valence-electron chi connectivity index (χ4n) is 1.47. The van der Waals surface area contributed by atoms with Crippen molar-refractivity contribution in [3.63, 3.8) is 0 Å². The van der Waals surface area contributed by atoms with Crippen molar-refractivity contribution in [2.75, 3.05) is 11.9 Å². The summed E-state index contributed by atoms with van der Waals surface area (Å²) >= 11 is 6.63. The molecule has 0 aromatic carbocycles. The first kappa shape index (κ1) is 12.0. The van der Waals surface area contributed by atoms with Crippen LogP contribution in [0.25, 0.3) is 0 Å². The predicted octanol–water partition coefficient (Wildman–Crippen LogP) is 2.41. The molecule has 2 N–H and O–H groups in total. The lowest BCUT2D eigenvalue weighted by atomic mass is 10.3. The fraction of sp³-hybridized carbons (Fsp3) is 0.167. The highest BCUT2D eigenvalue weighted by molar-refractivity contribution is 7.80. The Hall–Kier alpha value is -1.46. The molecule has 0 unspecified atom stereocenters. The predicted molar refractivity (Wildman–Crippen MR) is 76.6 cm³/mol. The van der Waals surface area contributed by atoms with Gasteiger partial charge in [0.1, 0.15) is 10.8 Å². The van der Waals surface area contributed by atoms with Gasteiger partial charge in [-0.2, -0.15) is 0 Å². The Labute approximate surface area is 110 Å². The molecule has 0 aliphatic carbocycles. The second-order valence-corrected chi connectivity index (χ2v) is 5.18. The number of anilines is 1. The summed E-state index contributed by atoms with van der Waals surface area (Å²) in [5, 5.41) is 2.08. The molecule has 0 saturated heterocycles. The summed E-state index contributed by atoms with van der Waals surface area (Å²) in [5.74, 6) is 0.915. The molecule has 0 fully saturated rings. The lowest BCUT2D eigenvalue weighted by Crippen LogP contribution is -2.17. The third-order valence-electron chi connectivity index (χ3n) is 2.40. The van der Waals surface area contributed by atoms with Gasteiger partial charge in [0, 0.05) is 23.7 Å². The van der Waals surface area contributed by atoms with E-state index in [4.69, 9.17) is 18.0 Å². The Morgan fingerprint density at radius 2 is 2.29 bits per heavy atom. The van der Waals surface area contributed by atoms with Crippen molar-refractivity contribution in [1.82, 2.24) is 4.98 Å². The molecule has 2 heterocycles. The first-order chi connectivity index (χ1) is 8.16. The van der Waals surface area contributed by atoms with Gasteiger partial charge in [-0.15, -0.1) is 11.3 Å². The molecule has 88 valence electrons. The van der Waals surface area contributed by atoms with E-state index in [1.165, 1.54) is 4.88 Å². The summed E-state index contributed by atoms with van der Waals surface area (Å²) in [4.78, 5) is 8.13. The lowest BCUT2D eigenvalue weighted by molar-refractivity contribution is 0.912. The molecule has 0 spiro atoms. The zero-order valence-electron chi connectivity index (χ0n) is 9.46. The minimum absolute atomic E-state index is 0.380. The number of pyridine rings is 1. The largest absolute Gasteiger partial charge is 0.389 e. The Morgan fingerprint density at radius 3 is 2.82 bits per heavy atom. The number of rotatable bonds is 4. The Bertz CT molecular complexity index is 491. The van der Waals surface area contributed by atoms with Crippen LogP contribution in [0.2, 0.25) is 0 Å². The van der Waals surface area contributed by atoms with Gasteiger partial charge in [-0.3, -0.25) is 0 Å². The lowest BCUT2D eigenvalue weighted by Gasteiger charge is -2.17. The maximum Gasteiger partial charge on any atom is 0.128 e. The minimum atomic E-state index is 0.380. The molecular weight excluding hydrogens is 250 g/mol. The van der Waals surface area contributed by atoms with Gasteiger partial charge in [0.15, 0.2) is 0 Å². The van der Waals surface area contributed by atoms with Crippen LogP contribution in [0.4, 0.5) is 5.82 Å². The zero-order chi connectivity index (χ0) is 12.3. The van der Waals surface area contributed by atoms with E-state index in [1.54, 1.807) is 17.5 Å². The van der Waals surface area contributed by atoms with Crippen molar-refractivity contribution >= 4 is 34.4 Å². The van der Waals surface area contributed by atoms with Gasteiger partial charge in [0.05, 0.1) is 6.54 Å². The molecule has 3 nitrogen and oxygen atoms in total. The van der Waals surface area contributed by atoms with E-state index >= 15 is 0 Å². The normalized spacial score (nSPS) is 10.2. The smallest absolute Gasteiger partial charge is 0.128 e. The van der Waals surface area contributed by atoms with Crippen molar-refractivity contribution in [3.8, 4) is 0 Å². The highest BCUT2D eigenvalue weighted by Gasteiger charge is 2.05. The van der Waals surface area contributed by atoms with Gasteiger partial charge < -0.3 is 10.6 Å². The number of thiocarbonyl (C=S) groups is 1. The quantitative estimate of drug-likeness (QED) is 0.860. The van der Waals surface area contributed by atoms with Crippen molar-refractivity contribution in [2.45, 2.75) is 6.54 Å². The average molecular weight is 263 g/mol. The molecule has 0 atom stereocenters. The van der Waals surface area contributed by atoms with Gasteiger partial charge in [-0.25, -0.2) is 4.98 Å². The topological polar surface area (TPSA) is 42.1 Å². The minimum Gasteiger partial charge on any atom is -0.389 e. The van der Waals surface area contributed by atoms with Crippen LogP contribution in [-0.2, 0) is 6.54 Å². The molecule has 0 aliphatic rings. The van der Waals surface area contributed by atoms with Gasteiger partial charge in [-0.1, -0.05) is 18.3 Å². The van der Waals surface area contributed by atoms with E-state index in [-0.39, 0.29) is 0 Å². The number of thiophene rings is 1.